The first-order valence-electron chi connectivity index (χ1n) is 8.72. The number of fused-ring (bicyclic) bond motifs is 1. The molecular weight excluding hydrogens is 329 g/mol. The number of nitrogens with one attached hydrogen (secondary N) is 1. The molecule has 23 heavy (non-hydrogen) atoms. The predicted molar refractivity (Wildman–Crippen MR) is 95.4 cm³/mol. The van der Waals surface area contributed by atoms with Gasteiger partial charge in [0.15, 0.2) is 0 Å². The van der Waals surface area contributed by atoms with Crippen molar-refractivity contribution in [3.8, 4) is 0 Å². The Kier molecular flexibility index (Phi) is 3.77. The largest absolute Gasteiger partial charge is 0.378 e. The number of halogens is 2. The molecule has 4 rings (SSSR count). The summed E-state index contributed by atoms with van der Waals surface area (Å²) in [6.07, 6.45) is 5.56. The minimum atomic E-state index is 0.104. The lowest BCUT2D eigenvalue weighted by Crippen LogP contribution is -2.33. The standard InChI is InChI=1S/C19H25Cl2NO/c1-17-10-22-11-19(17,13-7-8-15(20)16(21)9-13)18(17,2)12-23-14-5-3-4-6-14/h7-9,14,22H,3-6,10-12H2,1-2H3/t17?,18-,19?/m0/s1. The fourth-order valence-corrected chi connectivity index (χ4v) is 5.83. The van der Waals surface area contributed by atoms with Gasteiger partial charge in [-0.3, -0.25) is 0 Å². The maximum Gasteiger partial charge on any atom is 0.0595 e. The summed E-state index contributed by atoms with van der Waals surface area (Å²) in [5, 5.41) is 4.87. The Morgan fingerprint density at radius 3 is 2.57 bits per heavy atom. The molecule has 1 heterocycles. The Morgan fingerprint density at radius 2 is 1.87 bits per heavy atom. The Morgan fingerprint density at radius 1 is 1.13 bits per heavy atom. The van der Waals surface area contributed by atoms with Gasteiger partial charge in [0.05, 0.1) is 22.8 Å². The topological polar surface area (TPSA) is 21.3 Å². The normalized spacial score (nSPS) is 39.7. The first-order valence-corrected chi connectivity index (χ1v) is 9.48. The summed E-state index contributed by atoms with van der Waals surface area (Å²) >= 11 is 12.4. The van der Waals surface area contributed by atoms with E-state index in [1.807, 2.05) is 6.07 Å². The maximum atomic E-state index is 6.35. The Labute approximate surface area is 148 Å². The number of piperidine rings is 1. The lowest BCUT2D eigenvalue weighted by molar-refractivity contribution is 0.0149. The molecule has 2 nitrogen and oxygen atoms in total. The number of ether oxygens (including phenoxy) is 1. The van der Waals surface area contributed by atoms with Gasteiger partial charge in [-0.1, -0.05) is 56.0 Å². The van der Waals surface area contributed by atoms with E-state index in [-0.39, 0.29) is 16.2 Å². The van der Waals surface area contributed by atoms with E-state index in [1.165, 1.54) is 31.2 Å². The summed E-state index contributed by atoms with van der Waals surface area (Å²) in [7, 11) is 0. The van der Waals surface area contributed by atoms with Gasteiger partial charge in [0, 0.05) is 23.9 Å². The summed E-state index contributed by atoms with van der Waals surface area (Å²) in [4.78, 5) is 0. The van der Waals surface area contributed by atoms with Crippen molar-refractivity contribution in [1.82, 2.24) is 5.32 Å². The number of rotatable bonds is 4. The van der Waals surface area contributed by atoms with Crippen molar-refractivity contribution in [2.45, 2.75) is 51.0 Å². The molecule has 2 aliphatic carbocycles. The molecule has 3 fully saturated rings. The summed E-state index contributed by atoms with van der Waals surface area (Å²) < 4.78 is 6.35. The Hall–Kier alpha value is -0.280. The summed E-state index contributed by atoms with van der Waals surface area (Å²) in [5.41, 5.74) is 1.78. The third-order valence-corrected chi connectivity index (χ3v) is 7.97. The molecule has 1 N–H and O–H groups in total. The zero-order valence-electron chi connectivity index (χ0n) is 13.9. The molecule has 0 radical (unpaired) electrons. The fourth-order valence-electron chi connectivity index (χ4n) is 5.53. The van der Waals surface area contributed by atoms with Crippen molar-refractivity contribution in [3.05, 3.63) is 33.8 Å². The molecule has 1 aromatic rings. The first-order chi connectivity index (χ1) is 10.9. The second-order valence-corrected chi connectivity index (χ2v) is 8.83. The van der Waals surface area contributed by atoms with Gasteiger partial charge in [0.25, 0.3) is 0 Å². The van der Waals surface area contributed by atoms with Gasteiger partial charge in [-0.05, 0) is 36.0 Å². The predicted octanol–water partition coefficient (Wildman–Crippen LogP) is 4.82. The van der Waals surface area contributed by atoms with Gasteiger partial charge in [-0.2, -0.15) is 0 Å². The molecule has 2 unspecified atom stereocenters. The van der Waals surface area contributed by atoms with Gasteiger partial charge < -0.3 is 10.1 Å². The second kappa shape index (κ2) is 5.36. The van der Waals surface area contributed by atoms with E-state index in [4.69, 9.17) is 27.9 Å². The van der Waals surface area contributed by atoms with E-state index >= 15 is 0 Å². The van der Waals surface area contributed by atoms with Crippen LogP contribution in [-0.4, -0.2) is 25.8 Å². The summed E-state index contributed by atoms with van der Waals surface area (Å²) in [5.74, 6) is 0. The van der Waals surface area contributed by atoms with Crippen molar-refractivity contribution in [3.63, 3.8) is 0 Å². The zero-order valence-corrected chi connectivity index (χ0v) is 15.4. The maximum absolute atomic E-state index is 6.35. The van der Waals surface area contributed by atoms with Crippen molar-refractivity contribution >= 4 is 23.2 Å². The van der Waals surface area contributed by atoms with Crippen LogP contribution in [0, 0.1) is 10.8 Å². The average Bonchev–Trinajstić information content (AvgIpc) is 3.02. The molecule has 1 aliphatic heterocycles. The third-order valence-electron chi connectivity index (χ3n) is 7.23. The minimum absolute atomic E-state index is 0.104. The lowest BCUT2D eigenvalue weighted by atomic mass is 9.87. The molecule has 1 saturated heterocycles. The number of hydrogen-bond donors (Lipinski definition) is 1. The van der Waals surface area contributed by atoms with Crippen molar-refractivity contribution < 1.29 is 4.74 Å². The molecule has 1 aromatic carbocycles. The summed E-state index contributed by atoms with van der Waals surface area (Å²) in [6.45, 7) is 7.67. The van der Waals surface area contributed by atoms with Crippen molar-refractivity contribution in [2.75, 3.05) is 19.7 Å². The highest BCUT2D eigenvalue weighted by molar-refractivity contribution is 6.42. The van der Waals surface area contributed by atoms with Crippen molar-refractivity contribution in [2.24, 2.45) is 10.8 Å². The smallest absolute Gasteiger partial charge is 0.0595 e. The molecular formula is C19H25Cl2NO. The molecule has 3 atom stereocenters. The van der Waals surface area contributed by atoms with Crippen LogP contribution in [0.15, 0.2) is 18.2 Å². The molecule has 126 valence electrons. The van der Waals surface area contributed by atoms with Crippen LogP contribution >= 0.6 is 23.2 Å². The minimum Gasteiger partial charge on any atom is -0.378 e. The van der Waals surface area contributed by atoms with E-state index < -0.39 is 0 Å². The first kappa shape index (κ1) is 16.2. The fraction of sp³-hybridized carbons (Fsp3) is 0.684. The van der Waals surface area contributed by atoms with Crippen LogP contribution in [0.25, 0.3) is 0 Å². The highest BCUT2D eigenvalue weighted by Gasteiger charge is 2.84. The molecule has 0 aromatic heterocycles. The Balaban J connectivity index is 1.63. The van der Waals surface area contributed by atoms with Gasteiger partial charge >= 0.3 is 0 Å². The van der Waals surface area contributed by atoms with Crippen LogP contribution in [0.3, 0.4) is 0 Å². The number of benzene rings is 1. The number of hydrogen-bond acceptors (Lipinski definition) is 2. The SMILES string of the molecule is CC12CNCC1(c1ccc(Cl)c(Cl)c1)[C@@]2(C)COC1CCCC1. The van der Waals surface area contributed by atoms with Crippen LogP contribution in [0.4, 0.5) is 0 Å². The van der Waals surface area contributed by atoms with E-state index in [2.05, 4.69) is 31.3 Å². The van der Waals surface area contributed by atoms with Gasteiger partial charge in [0.1, 0.15) is 0 Å². The van der Waals surface area contributed by atoms with Gasteiger partial charge in [0.2, 0.25) is 0 Å². The van der Waals surface area contributed by atoms with Crippen LogP contribution in [0.2, 0.25) is 10.0 Å². The van der Waals surface area contributed by atoms with E-state index in [0.29, 0.717) is 16.1 Å². The summed E-state index contributed by atoms with van der Waals surface area (Å²) in [6, 6.07) is 6.15. The lowest BCUT2D eigenvalue weighted by Gasteiger charge is -2.25. The monoisotopic (exact) mass is 353 g/mol. The Bertz CT molecular complexity index is 630. The second-order valence-electron chi connectivity index (χ2n) is 8.02. The van der Waals surface area contributed by atoms with Gasteiger partial charge in [-0.25, -0.2) is 0 Å². The van der Waals surface area contributed by atoms with Crippen LogP contribution in [0.1, 0.15) is 45.1 Å². The third kappa shape index (κ3) is 2.02. The van der Waals surface area contributed by atoms with Crippen molar-refractivity contribution in [1.29, 1.82) is 0 Å². The quantitative estimate of drug-likeness (QED) is 0.837. The average molecular weight is 354 g/mol. The molecule has 0 amide bonds. The van der Waals surface area contributed by atoms with Crippen LogP contribution < -0.4 is 5.32 Å². The zero-order chi connectivity index (χ0) is 16.3. The van der Waals surface area contributed by atoms with E-state index in [9.17, 15) is 0 Å². The molecule has 3 aliphatic rings. The van der Waals surface area contributed by atoms with Crippen LogP contribution in [-0.2, 0) is 10.2 Å². The highest BCUT2D eigenvalue weighted by Crippen LogP contribution is 2.79. The molecule has 0 bridgehead atoms. The van der Waals surface area contributed by atoms with Gasteiger partial charge in [-0.15, -0.1) is 0 Å². The molecule has 2 saturated carbocycles. The molecule has 4 heteroatoms. The molecule has 0 spiro atoms. The van der Waals surface area contributed by atoms with E-state index in [1.54, 1.807) is 0 Å². The van der Waals surface area contributed by atoms with Crippen LogP contribution in [0.5, 0.6) is 0 Å². The van der Waals surface area contributed by atoms with E-state index in [0.717, 1.165) is 19.7 Å². The highest BCUT2D eigenvalue weighted by atomic mass is 35.5.